The summed E-state index contributed by atoms with van der Waals surface area (Å²) in [4.78, 5) is 51.4. The highest BCUT2D eigenvalue weighted by Gasteiger charge is 2.33. The van der Waals surface area contributed by atoms with Crippen LogP contribution in [0.1, 0.15) is 37.6 Å². The number of amides is 3. The molecule has 1 aromatic carbocycles. The third kappa shape index (κ3) is 3.64. The van der Waals surface area contributed by atoms with Crippen LogP contribution in [0.25, 0.3) is 0 Å². The molecule has 0 aliphatic carbocycles. The molecule has 0 radical (unpaired) electrons. The summed E-state index contributed by atoms with van der Waals surface area (Å²) in [5.41, 5.74) is 5.89. The van der Waals surface area contributed by atoms with Gasteiger partial charge in [0.25, 0.3) is 11.8 Å². The maximum absolute atomic E-state index is 12.4. The van der Waals surface area contributed by atoms with Gasteiger partial charge in [0.05, 0.1) is 6.04 Å². The summed E-state index contributed by atoms with van der Waals surface area (Å²) in [6.07, 6.45) is 2.20. The van der Waals surface area contributed by atoms with Crippen LogP contribution < -0.4 is 16.5 Å². The van der Waals surface area contributed by atoms with Crippen molar-refractivity contribution in [2.45, 2.75) is 12.5 Å². The smallest absolute Gasteiger partial charge is 0.270 e. The lowest BCUT2D eigenvalue weighted by Crippen LogP contribution is -2.56. The fraction of sp³-hybridized carbons (Fsp3) is 0.222. The highest BCUT2D eigenvalue weighted by molar-refractivity contribution is 5.97. The first-order valence-electron chi connectivity index (χ1n) is 8.13. The number of carbonyl (C=O) groups is 3. The van der Waals surface area contributed by atoms with Crippen molar-refractivity contribution in [1.29, 1.82) is 0 Å². The first-order valence-corrected chi connectivity index (χ1v) is 8.13. The molecule has 26 heavy (non-hydrogen) atoms. The van der Waals surface area contributed by atoms with E-state index in [1.807, 2.05) is 0 Å². The number of aromatic nitrogens is 1. The lowest BCUT2D eigenvalue weighted by molar-refractivity contribution is 0.0449. The third-order valence-corrected chi connectivity index (χ3v) is 4.34. The molecule has 3 amide bonds. The molecule has 1 aliphatic rings. The molecule has 4 N–H and O–H groups in total. The van der Waals surface area contributed by atoms with Crippen molar-refractivity contribution < 1.29 is 14.4 Å². The monoisotopic (exact) mass is 354 g/mol. The van der Waals surface area contributed by atoms with Gasteiger partial charge in [-0.2, -0.15) is 0 Å². The molecule has 1 fully saturated rings. The third-order valence-electron chi connectivity index (χ3n) is 4.34. The number of primary amides is 1. The number of nitrogens with two attached hydrogens (primary N) is 1. The Hall–Kier alpha value is -3.42. The van der Waals surface area contributed by atoms with Gasteiger partial charge in [-0.25, -0.2) is 0 Å². The van der Waals surface area contributed by atoms with Crippen molar-refractivity contribution in [3.8, 4) is 0 Å². The average molecular weight is 354 g/mol. The van der Waals surface area contributed by atoms with Crippen molar-refractivity contribution in [2.75, 3.05) is 13.1 Å². The predicted molar refractivity (Wildman–Crippen MR) is 93.8 cm³/mol. The first kappa shape index (κ1) is 17.4. The fourth-order valence-electron chi connectivity index (χ4n) is 2.74. The van der Waals surface area contributed by atoms with Crippen molar-refractivity contribution in [3.05, 3.63) is 69.6 Å². The van der Waals surface area contributed by atoms with E-state index in [0.717, 1.165) is 6.42 Å². The first-order chi connectivity index (χ1) is 12.5. The number of likely N-dealkylation sites (tertiary alicyclic amines) is 1. The Bertz CT molecular complexity index is 904. The summed E-state index contributed by atoms with van der Waals surface area (Å²) in [6, 6.07) is 8.50. The van der Waals surface area contributed by atoms with E-state index in [1.54, 1.807) is 4.90 Å². The molecule has 1 atom stereocenters. The predicted octanol–water partition coefficient (Wildman–Crippen LogP) is 0.118. The number of hydrogen-bond acceptors (Lipinski definition) is 4. The molecule has 1 aliphatic heterocycles. The van der Waals surface area contributed by atoms with E-state index >= 15 is 0 Å². The molecule has 0 bridgehead atoms. The Labute approximate surface area is 149 Å². The van der Waals surface area contributed by atoms with Crippen LogP contribution >= 0.6 is 0 Å². The van der Waals surface area contributed by atoms with E-state index in [2.05, 4.69) is 10.3 Å². The van der Waals surface area contributed by atoms with Crippen LogP contribution in [0.4, 0.5) is 0 Å². The van der Waals surface area contributed by atoms with Crippen molar-refractivity contribution >= 4 is 17.7 Å². The van der Waals surface area contributed by atoms with E-state index in [1.165, 1.54) is 42.6 Å². The van der Waals surface area contributed by atoms with Gasteiger partial charge in [0.15, 0.2) is 5.43 Å². The van der Waals surface area contributed by atoms with Gasteiger partial charge in [0.2, 0.25) is 5.91 Å². The number of carbonyl (C=O) groups excluding carboxylic acids is 3. The van der Waals surface area contributed by atoms with E-state index in [9.17, 15) is 19.2 Å². The second kappa shape index (κ2) is 7.22. The number of nitrogens with one attached hydrogen (secondary N) is 2. The zero-order valence-corrected chi connectivity index (χ0v) is 13.9. The lowest BCUT2D eigenvalue weighted by Gasteiger charge is -2.41. The molecule has 8 heteroatoms. The minimum absolute atomic E-state index is 0.125. The Kier molecular flexibility index (Phi) is 4.83. The maximum atomic E-state index is 12.4. The van der Waals surface area contributed by atoms with Crippen LogP contribution in [-0.2, 0) is 0 Å². The molecule has 1 saturated heterocycles. The Morgan fingerprint density at radius 2 is 1.85 bits per heavy atom. The molecule has 2 heterocycles. The van der Waals surface area contributed by atoms with Crippen molar-refractivity contribution in [3.63, 3.8) is 0 Å². The minimum Gasteiger partial charge on any atom is -0.366 e. The summed E-state index contributed by atoms with van der Waals surface area (Å²) < 4.78 is 0. The normalized spacial score (nSPS) is 15.8. The largest absolute Gasteiger partial charge is 0.366 e. The van der Waals surface area contributed by atoms with Gasteiger partial charge in [0, 0.05) is 42.5 Å². The van der Waals surface area contributed by atoms with Gasteiger partial charge >= 0.3 is 0 Å². The summed E-state index contributed by atoms with van der Waals surface area (Å²) >= 11 is 0. The van der Waals surface area contributed by atoms with E-state index < -0.39 is 5.91 Å². The van der Waals surface area contributed by atoms with Crippen LogP contribution in [-0.4, -0.2) is 46.7 Å². The standard InChI is InChI=1S/C18H18N4O4/c19-16(24)11-1-3-12(4-2-11)17(25)21-10-13-6-8-22(13)18(26)15-9-14(23)5-7-20-15/h1-5,7,9,13H,6,8,10H2,(H2,19,24)(H,20,23)(H,21,25). The van der Waals surface area contributed by atoms with Gasteiger partial charge < -0.3 is 20.9 Å². The molecule has 1 aromatic heterocycles. The Morgan fingerprint density at radius 1 is 1.15 bits per heavy atom. The number of H-pyrrole nitrogens is 1. The maximum Gasteiger partial charge on any atom is 0.270 e. The van der Waals surface area contributed by atoms with Gasteiger partial charge in [-0.1, -0.05) is 0 Å². The summed E-state index contributed by atoms with van der Waals surface area (Å²) in [7, 11) is 0. The Balaban J connectivity index is 1.57. The topological polar surface area (TPSA) is 125 Å². The highest BCUT2D eigenvalue weighted by atomic mass is 16.2. The van der Waals surface area contributed by atoms with Crippen LogP contribution in [0.15, 0.2) is 47.4 Å². The molecule has 0 saturated carbocycles. The SMILES string of the molecule is NC(=O)c1ccc(C(=O)NCC2CCN2C(=O)c2cc(=O)cc[nH]2)cc1. The minimum atomic E-state index is -0.556. The van der Waals surface area contributed by atoms with Crippen LogP contribution in [0.2, 0.25) is 0 Å². The van der Waals surface area contributed by atoms with E-state index in [4.69, 9.17) is 5.73 Å². The summed E-state index contributed by atoms with van der Waals surface area (Å²) in [5.74, 6) is -1.12. The average Bonchev–Trinajstić information content (AvgIpc) is 2.60. The number of aromatic amines is 1. The number of pyridine rings is 1. The van der Waals surface area contributed by atoms with Gasteiger partial charge in [-0.05, 0) is 30.7 Å². The fourth-order valence-corrected chi connectivity index (χ4v) is 2.74. The molecule has 0 spiro atoms. The van der Waals surface area contributed by atoms with Crippen molar-refractivity contribution in [2.24, 2.45) is 5.73 Å². The molecular formula is C18H18N4O4. The molecule has 1 unspecified atom stereocenters. The highest BCUT2D eigenvalue weighted by Crippen LogP contribution is 2.19. The van der Waals surface area contributed by atoms with Gasteiger partial charge in [-0.15, -0.1) is 0 Å². The zero-order valence-electron chi connectivity index (χ0n) is 13.9. The summed E-state index contributed by atoms with van der Waals surface area (Å²) in [5, 5.41) is 2.78. The quantitative estimate of drug-likeness (QED) is 0.705. The zero-order chi connectivity index (χ0) is 18.7. The number of benzene rings is 1. The second-order valence-electron chi connectivity index (χ2n) is 6.03. The second-order valence-corrected chi connectivity index (χ2v) is 6.03. The van der Waals surface area contributed by atoms with Crippen molar-refractivity contribution in [1.82, 2.24) is 15.2 Å². The number of nitrogens with zero attached hydrogens (tertiary/aromatic N) is 1. The van der Waals surface area contributed by atoms with Gasteiger partial charge in [0.1, 0.15) is 5.69 Å². The van der Waals surface area contributed by atoms with Gasteiger partial charge in [-0.3, -0.25) is 19.2 Å². The molecule has 8 nitrogen and oxygen atoms in total. The Morgan fingerprint density at radius 3 is 2.42 bits per heavy atom. The lowest BCUT2D eigenvalue weighted by atomic mass is 10.0. The van der Waals surface area contributed by atoms with Crippen LogP contribution in [0.5, 0.6) is 0 Å². The number of rotatable bonds is 5. The molecule has 3 rings (SSSR count). The van der Waals surface area contributed by atoms with Crippen LogP contribution in [0, 0.1) is 0 Å². The molecule has 134 valence electrons. The molecule has 2 aromatic rings. The van der Waals surface area contributed by atoms with Crippen LogP contribution in [0.3, 0.4) is 0 Å². The number of hydrogen-bond donors (Lipinski definition) is 3. The van der Waals surface area contributed by atoms with E-state index in [-0.39, 0.29) is 29.0 Å². The molecular weight excluding hydrogens is 336 g/mol. The summed E-state index contributed by atoms with van der Waals surface area (Å²) in [6.45, 7) is 0.878. The van der Waals surface area contributed by atoms with E-state index in [0.29, 0.717) is 24.2 Å².